The number of esters is 1. The molecule has 0 aliphatic carbocycles. The van der Waals surface area contributed by atoms with E-state index in [1.54, 1.807) is 13.2 Å². The van der Waals surface area contributed by atoms with E-state index >= 15 is 0 Å². The van der Waals surface area contributed by atoms with Crippen LogP contribution in [0.1, 0.15) is 29.2 Å². The Hall–Kier alpha value is -3.57. The average Bonchev–Trinajstić information content (AvgIpc) is 3.21. The highest BCUT2D eigenvalue weighted by atomic mass is 16.5. The van der Waals surface area contributed by atoms with Gasteiger partial charge in [0.15, 0.2) is 0 Å². The molecule has 5 nitrogen and oxygen atoms in total. The Morgan fingerprint density at radius 3 is 2.62 bits per heavy atom. The van der Waals surface area contributed by atoms with Gasteiger partial charge in [0.1, 0.15) is 17.9 Å². The number of para-hydroxylation sites is 1. The number of carbonyl (C=O) groups is 1. The highest BCUT2D eigenvalue weighted by Gasteiger charge is 2.14. The van der Waals surface area contributed by atoms with Gasteiger partial charge in [0, 0.05) is 23.1 Å². The minimum atomic E-state index is -0.263. The predicted octanol–water partition coefficient (Wildman–Crippen LogP) is 5.55. The molecular weight excluding hydrogens is 402 g/mol. The Morgan fingerprint density at radius 1 is 1.00 bits per heavy atom. The van der Waals surface area contributed by atoms with Gasteiger partial charge in [0.2, 0.25) is 0 Å². The van der Waals surface area contributed by atoms with Crippen molar-refractivity contribution in [2.24, 2.45) is 5.73 Å². The highest BCUT2D eigenvalue weighted by Crippen LogP contribution is 2.31. The maximum absolute atomic E-state index is 12.0. The zero-order valence-electron chi connectivity index (χ0n) is 18.4. The lowest BCUT2D eigenvalue weighted by molar-refractivity contribution is -0.142. The second-order valence-corrected chi connectivity index (χ2v) is 7.71. The van der Waals surface area contributed by atoms with Crippen molar-refractivity contribution in [1.29, 1.82) is 0 Å². The van der Waals surface area contributed by atoms with Crippen LogP contribution < -0.4 is 10.5 Å². The molecule has 0 bridgehead atoms. The van der Waals surface area contributed by atoms with E-state index in [0.29, 0.717) is 25.5 Å². The summed E-state index contributed by atoms with van der Waals surface area (Å²) in [5.41, 5.74) is 12.6. The van der Waals surface area contributed by atoms with Gasteiger partial charge < -0.3 is 19.6 Å². The number of carbonyl (C=O) groups excluding carboxylic acids is 1. The fraction of sp³-hybridized carbons (Fsp3) is 0.222. The first-order valence-corrected chi connectivity index (χ1v) is 10.8. The molecule has 32 heavy (non-hydrogen) atoms. The molecular formula is C27H27NO4. The fourth-order valence-electron chi connectivity index (χ4n) is 3.83. The number of benzene rings is 3. The second-order valence-electron chi connectivity index (χ2n) is 7.71. The quantitative estimate of drug-likeness (QED) is 0.372. The van der Waals surface area contributed by atoms with Crippen LogP contribution in [0.4, 0.5) is 0 Å². The third-order valence-corrected chi connectivity index (χ3v) is 5.46. The minimum Gasteiger partial charge on any atom is -0.488 e. The Kier molecular flexibility index (Phi) is 6.57. The molecule has 1 heterocycles. The van der Waals surface area contributed by atoms with E-state index in [1.165, 1.54) is 0 Å². The maximum atomic E-state index is 12.0. The normalized spacial score (nSPS) is 11.0. The van der Waals surface area contributed by atoms with Crippen molar-refractivity contribution in [3.63, 3.8) is 0 Å². The number of nitrogens with two attached hydrogens (primary N) is 1. The van der Waals surface area contributed by atoms with Crippen molar-refractivity contribution in [3.05, 3.63) is 89.2 Å². The number of fused-ring (bicyclic) bond motifs is 1. The molecule has 4 aromatic rings. The SMILES string of the molecule is CCOC(=O)Cc1cccc(C)c1OCc1coc2ccc(-c3cccc(CN)c3)cc12. The molecule has 0 aliphatic heterocycles. The summed E-state index contributed by atoms with van der Waals surface area (Å²) in [6, 6.07) is 20.2. The van der Waals surface area contributed by atoms with Crippen molar-refractivity contribution in [3.8, 4) is 16.9 Å². The van der Waals surface area contributed by atoms with Crippen LogP contribution in [0.3, 0.4) is 0 Å². The monoisotopic (exact) mass is 429 g/mol. The van der Waals surface area contributed by atoms with Crippen molar-refractivity contribution in [2.75, 3.05) is 6.61 Å². The van der Waals surface area contributed by atoms with Gasteiger partial charge in [-0.2, -0.15) is 0 Å². The number of aryl methyl sites for hydroxylation is 1. The molecule has 0 unspecified atom stereocenters. The van der Waals surface area contributed by atoms with Crippen molar-refractivity contribution < 1.29 is 18.7 Å². The first kappa shape index (κ1) is 21.7. The van der Waals surface area contributed by atoms with E-state index in [-0.39, 0.29) is 12.4 Å². The van der Waals surface area contributed by atoms with Gasteiger partial charge in [0.05, 0.1) is 19.3 Å². The van der Waals surface area contributed by atoms with Crippen LogP contribution in [-0.4, -0.2) is 12.6 Å². The Morgan fingerprint density at radius 2 is 1.81 bits per heavy atom. The lowest BCUT2D eigenvalue weighted by Crippen LogP contribution is -2.09. The number of hydrogen-bond acceptors (Lipinski definition) is 5. The summed E-state index contributed by atoms with van der Waals surface area (Å²) in [4.78, 5) is 12.0. The summed E-state index contributed by atoms with van der Waals surface area (Å²) < 4.78 is 17.1. The lowest BCUT2D eigenvalue weighted by atomic mass is 10.0. The van der Waals surface area contributed by atoms with Crippen LogP contribution in [0.25, 0.3) is 22.1 Å². The largest absolute Gasteiger partial charge is 0.488 e. The zero-order chi connectivity index (χ0) is 22.5. The van der Waals surface area contributed by atoms with E-state index in [0.717, 1.165) is 44.3 Å². The molecule has 0 aliphatic rings. The number of rotatable bonds is 8. The van der Waals surface area contributed by atoms with Gasteiger partial charge in [-0.1, -0.05) is 42.5 Å². The summed E-state index contributed by atoms with van der Waals surface area (Å²) in [6.07, 6.45) is 1.91. The smallest absolute Gasteiger partial charge is 0.310 e. The number of furan rings is 1. The molecule has 0 saturated heterocycles. The second kappa shape index (κ2) is 9.71. The molecule has 0 saturated carbocycles. The summed E-state index contributed by atoms with van der Waals surface area (Å²) in [5.74, 6) is 0.447. The molecule has 2 N–H and O–H groups in total. The van der Waals surface area contributed by atoms with Crippen LogP contribution in [0.5, 0.6) is 5.75 Å². The molecule has 0 atom stereocenters. The molecule has 3 aromatic carbocycles. The average molecular weight is 430 g/mol. The summed E-state index contributed by atoms with van der Waals surface area (Å²) >= 11 is 0. The molecule has 5 heteroatoms. The third-order valence-electron chi connectivity index (χ3n) is 5.46. The van der Waals surface area contributed by atoms with E-state index < -0.39 is 0 Å². The van der Waals surface area contributed by atoms with E-state index in [9.17, 15) is 4.79 Å². The van der Waals surface area contributed by atoms with E-state index in [4.69, 9.17) is 19.6 Å². The van der Waals surface area contributed by atoms with Crippen LogP contribution in [0, 0.1) is 6.92 Å². The standard InChI is InChI=1S/C27H27NO4/c1-3-30-26(29)14-22-9-4-6-18(2)27(22)32-17-23-16-31-25-11-10-21(13-24(23)25)20-8-5-7-19(12-20)15-28/h4-13,16H,3,14-15,17,28H2,1-2H3. The van der Waals surface area contributed by atoms with Gasteiger partial charge in [-0.05, 0) is 54.3 Å². The first-order chi connectivity index (χ1) is 15.6. The van der Waals surface area contributed by atoms with Gasteiger partial charge in [-0.3, -0.25) is 4.79 Å². The molecule has 4 rings (SSSR count). The topological polar surface area (TPSA) is 74.7 Å². The van der Waals surface area contributed by atoms with Crippen LogP contribution >= 0.6 is 0 Å². The molecule has 164 valence electrons. The number of hydrogen-bond donors (Lipinski definition) is 1. The van der Waals surface area contributed by atoms with Gasteiger partial charge in [-0.15, -0.1) is 0 Å². The van der Waals surface area contributed by atoms with Crippen molar-refractivity contribution >= 4 is 16.9 Å². The maximum Gasteiger partial charge on any atom is 0.310 e. The molecule has 1 aromatic heterocycles. The Bertz CT molecular complexity index is 1240. The minimum absolute atomic E-state index is 0.179. The highest BCUT2D eigenvalue weighted by molar-refractivity contribution is 5.86. The van der Waals surface area contributed by atoms with Crippen molar-refractivity contribution in [2.45, 2.75) is 33.4 Å². The zero-order valence-corrected chi connectivity index (χ0v) is 18.4. The van der Waals surface area contributed by atoms with Gasteiger partial charge >= 0.3 is 5.97 Å². The number of ether oxygens (including phenoxy) is 2. The molecule has 0 radical (unpaired) electrons. The molecule has 0 fully saturated rings. The Labute approximate surface area is 187 Å². The van der Waals surface area contributed by atoms with Gasteiger partial charge in [0.25, 0.3) is 0 Å². The molecule has 0 amide bonds. The van der Waals surface area contributed by atoms with Crippen molar-refractivity contribution in [1.82, 2.24) is 0 Å². The summed E-state index contributed by atoms with van der Waals surface area (Å²) in [7, 11) is 0. The third kappa shape index (κ3) is 4.68. The summed E-state index contributed by atoms with van der Waals surface area (Å²) in [5, 5.41) is 1.00. The van der Waals surface area contributed by atoms with Crippen LogP contribution in [-0.2, 0) is 29.1 Å². The fourth-order valence-corrected chi connectivity index (χ4v) is 3.83. The van der Waals surface area contributed by atoms with Crippen LogP contribution in [0.2, 0.25) is 0 Å². The summed E-state index contributed by atoms with van der Waals surface area (Å²) in [6.45, 7) is 4.97. The van der Waals surface area contributed by atoms with Crippen LogP contribution in [0.15, 0.2) is 71.3 Å². The van der Waals surface area contributed by atoms with Gasteiger partial charge in [-0.25, -0.2) is 0 Å². The Balaban J connectivity index is 1.60. The van der Waals surface area contributed by atoms with E-state index in [1.807, 2.05) is 49.4 Å². The lowest BCUT2D eigenvalue weighted by Gasteiger charge is -2.13. The first-order valence-electron chi connectivity index (χ1n) is 10.8. The molecule has 0 spiro atoms. The predicted molar refractivity (Wildman–Crippen MR) is 125 cm³/mol. The van der Waals surface area contributed by atoms with E-state index in [2.05, 4.69) is 18.2 Å².